The second kappa shape index (κ2) is 11.7. The van der Waals surface area contributed by atoms with Crippen molar-refractivity contribution in [3.8, 4) is 5.75 Å². The number of nitrogens with zero attached hydrogens (tertiary/aromatic N) is 3. The van der Waals surface area contributed by atoms with Crippen molar-refractivity contribution in [1.82, 2.24) is 14.2 Å². The van der Waals surface area contributed by atoms with E-state index in [-0.39, 0.29) is 11.6 Å². The number of para-hydroxylation sites is 1. The third kappa shape index (κ3) is 6.16. The van der Waals surface area contributed by atoms with Crippen molar-refractivity contribution < 1.29 is 42.9 Å². The van der Waals surface area contributed by atoms with Crippen LogP contribution in [0.25, 0.3) is 0 Å². The largest absolute Gasteiger partial charge is 0.480 e. The van der Waals surface area contributed by atoms with Gasteiger partial charge in [0.1, 0.15) is 35.9 Å². The number of benzene rings is 1. The molecule has 216 valence electrons. The molecular weight excluding hydrogens is 538 g/mol. The first-order valence-electron chi connectivity index (χ1n) is 12.3. The highest BCUT2D eigenvalue weighted by molar-refractivity contribution is 7.51. The average molecular weight is 573 g/mol. The van der Waals surface area contributed by atoms with Gasteiger partial charge in [0.2, 0.25) is 0 Å². The molecule has 2 aromatic rings. The SMILES string of the molecule is CCC(CC)N([C@@H](C)C(=O)O)[P@@](=O)(OC[C@@]1(F)O[C@@H](n2ccc(N)nc2=O)[C@](C)(O)[C@@H]1O)Oc1ccccc1. The molecule has 3 rings (SSSR count). The maximum absolute atomic E-state index is 16.2. The number of halogens is 1. The van der Waals surface area contributed by atoms with Gasteiger partial charge in [-0.05, 0) is 44.9 Å². The molecule has 1 saturated heterocycles. The number of alkyl halides is 1. The predicted molar refractivity (Wildman–Crippen MR) is 137 cm³/mol. The Morgan fingerprint density at radius 3 is 2.46 bits per heavy atom. The molecule has 15 heteroatoms. The van der Waals surface area contributed by atoms with Crippen molar-refractivity contribution in [3.63, 3.8) is 0 Å². The third-order valence-electron chi connectivity index (χ3n) is 6.62. The number of hydrogen-bond acceptors (Lipinski definition) is 10. The predicted octanol–water partition coefficient (Wildman–Crippen LogP) is 2.30. The lowest BCUT2D eigenvalue weighted by molar-refractivity contribution is -0.204. The van der Waals surface area contributed by atoms with Crippen LogP contribution in [0.5, 0.6) is 5.75 Å². The highest BCUT2D eigenvalue weighted by Gasteiger charge is 2.64. The molecule has 0 spiro atoms. The number of ether oxygens (including phenoxy) is 1. The lowest BCUT2D eigenvalue weighted by atomic mass is 9.95. The maximum Gasteiger partial charge on any atom is 0.462 e. The third-order valence-corrected chi connectivity index (χ3v) is 8.75. The summed E-state index contributed by atoms with van der Waals surface area (Å²) in [4.78, 5) is 27.9. The van der Waals surface area contributed by atoms with Crippen molar-refractivity contribution in [3.05, 3.63) is 53.1 Å². The molecule has 13 nitrogen and oxygen atoms in total. The van der Waals surface area contributed by atoms with E-state index in [0.717, 1.165) is 22.4 Å². The van der Waals surface area contributed by atoms with Gasteiger partial charge < -0.3 is 30.3 Å². The summed E-state index contributed by atoms with van der Waals surface area (Å²) >= 11 is 0. The normalized spacial score (nSPS) is 27.4. The Labute approximate surface area is 224 Å². The summed E-state index contributed by atoms with van der Waals surface area (Å²) in [5.41, 5.74) is 2.13. The number of hydrogen-bond donors (Lipinski definition) is 4. The Hall–Kier alpha value is -2.87. The van der Waals surface area contributed by atoms with E-state index in [1.807, 2.05) is 0 Å². The highest BCUT2D eigenvalue weighted by Crippen LogP contribution is 2.57. The molecule has 2 heterocycles. The number of aliphatic hydroxyl groups excluding tert-OH is 1. The summed E-state index contributed by atoms with van der Waals surface area (Å²) in [6.07, 6.45) is -2.27. The first kappa shape index (κ1) is 30.7. The lowest BCUT2D eigenvalue weighted by Gasteiger charge is -2.38. The van der Waals surface area contributed by atoms with Crippen molar-refractivity contribution >= 4 is 19.5 Å². The van der Waals surface area contributed by atoms with Gasteiger partial charge in [-0.1, -0.05) is 32.0 Å². The number of aromatic nitrogens is 2. The van der Waals surface area contributed by atoms with E-state index < -0.39 is 61.9 Å². The van der Waals surface area contributed by atoms with Crippen molar-refractivity contribution in [2.45, 2.75) is 76.4 Å². The minimum atomic E-state index is -4.68. The van der Waals surface area contributed by atoms with Gasteiger partial charge in [0.15, 0.2) is 6.23 Å². The maximum atomic E-state index is 16.2. The Bertz CT molecular complexity index is 1260. The fourth-order valence-corrected chi connectivity index (χ4v) is 6.68. The lowest BCUT2D eigenvalue weighted by Crippen LogP contribution is -2.50. The quantitative estimate of drug-likeness (QED) is 0.272. The number of nitrogen functional groups attached to an aromatic ring is 1. The number of carboxylic acids is 1. The van der Waals surface area contributed by atoms with Gasteiger partial charge in [-0.15, -0.1) is 0 Å². The summed E-state index contributed by atoms with van der Waals surface area (Å²) in [6, 6.07) is 6.97. The Morgan fingerprint density at radius 2 is 1.92 bits per heavy atom. The minimum Gasteiger partial charge on any atom is -0.480 e. The number of aliphatic carboxylic acids is 1. The zero-order valence-corrected chi connectivity index (χ0v) is 22.9. The summed E-state index contributed by atoms with van der Waals surface area (Å²) in [5.74, 6) is -4.61. The van der Waals surface area contributed by atoms with Crippen LogP contribution in [0.1, 0.15) is 46.8 Å². The number of anilines is 1. The van der Waals surface area contributed by atoms with Crippen LogP contribution in [-0.4, -0.2) is 71.8 Å². The highest BCUT2D eigenvalue weighted by atomic mass is 31.2. The van der Waals surface area contributed by atoms with E-state index in [0.29, 0.717) is 12.8 Å². The van der Waals surface area contributed by atoms with E-state index >= 15 is 4.39 Å². The molecule has 1 aliphatic rings. The zero-order valence-electron chi connectivity index (χ0n) is 22.0. The average Bonchev–Trinajstić information content (AvgIpc) is 3.06. The van der Waals surface area contributed by atoms with Crippen LogP contribution in [0, 0.1) is 0 Å². The molecule has 1 aliphatic heterocycles. The van der Waals surface area contributed by atoms with Crippen LogP contribution in [-0.2, 0) is 18.6 Å². The van der Waals surface area contributed by atoms with Gasteiger partial charge in [-0.3, -0.25) is 13.9 Å². The summed E-state index contributed by atoms with van der Waals surface area (Å²) in [5, 5.41) is 31.5. The van der Waals surface area contributed by atoms with E-state index in [1.165, 1.54) is 25.1 Å². The van der Waals surface area contributed by atoms with E-state index in [4.69, 9.17) is 19.5 Å². The molecule has 0 aliphatic carbocycles. The van der Waals surface area contributed by atoms with E-state index in [2.05, 4.69) is 4.98 Å². The van der Waals surface area contributed by atoms with Crippen LogP contribution in [0.3, 0.4) is 0 Å². The molecule has 5 N–H and O–H groups in total. The second-order valence-corrected chi connectivity index (χ2v) is 11.3. The van der Waals surface area contributed by atoms with Crippen LogP contribution in [0.2, 0.25) is 0 Å². The fourth-order valence-electron chi connectivity index (χ4n) is 4.43. The van der Waals surface area contributed by atoms with Crippen molar-refractivity contribution in [1.29, 1.82) is 0 Å². The van der Waals surface area contributed by atoms with Gasteiger partial charge in [0.25, 0.3) is 5.85 Å². The molecule has 0 saturated carbocycles. The number of aliphatic hydroxyl groups is 2. The molecule has 0 unspecified atom stereocenters. The standard InChI is InChI=1S/C24H34FN4O9P/c1-5-16(6-2)29(15(3)19(30)31)39(35,38-17-10-8-7-9-11-17)36-14-24(25)20(32)23(4,34)21(37-24)28-13-12-18(26)27-22(28)33/h7-13,15-16,20-21,32,34H,5-6,14H2,1-4H3,(H,30,31)(H2,26,27,33)/t15-,20-,21+,23+,24+,39+/m0/s1. The molecule has 1 fully saturated rings. The number of carboxylic acid groups (broad SMARTS) is 1. The van der Waals surface area contributed by atoms with Crippen LogP contribution in [0.15, 0.2) is 47.4 Å². The first-order valence-corrected chi connectivity index (χ1v) is 13.8. The molecule has 1 aromatic heterocycles. The van der Waals surface area contributed by atoms with Crippen LogP contribution >= 0.6 is 7.75 Å². The Morgan fingerprint density at radius 1 is 1.31 bits per heavy atom. The number of rotatable bonds is 12. The topological polar surface area (TPSA) is 187 Å². The van der Waals surface area contributed by atoms with E-state index in [1.54, 1.807) is 32.0 Å². The molecule has 1 aromatic carbocycles. The summed E-state index contributed by atoms with van der Waals surface area (Å²) in [6.45, 7) is 4.57. The summed E-state index contributed by atoms with van der Waals surface area (Å²) in [7, 11) is -4.68. The molecule has 6 atom stereocenters. The fraction of sp³-hybridized carbons (Fsp3) is 0.542. The first-order chi connectivity index (χ1) is 18.2. The van der Waals surface area contributed by atoms with Crippen LogP contribution in [0.4, 0.5) is 10.2 Å². The van der Waals surface area contributed by atoms with Gasteiger partial charge in [0, 0.05) is 12.2 Å². The number of nitrogens with two attached hydrogens (primary N) is 1. The smallest absolute Gasteiger partial charge is 0.462 e. The van der Waals surface area contributed by atoms with Crippen molar-refractivity contribution in [2.24, 2.45) is 0 Å². The molecule has 0 radical (unpaired) electrons. The van der Waals surface area contributed by atoms with Gasteiger partial charge in [-0.2, -0.15) is 9.65 Å². The second-order valence-electron chi connectivity index (χ2n) is 9.44. The molecule has 0 amide bonds. The van der Waals surface area contributed by atoms with Gasteiger partial charge in [0.05, 0.1) is 0 Å². The van der Waals surface area contributed by atoms with Gasteiger partial charge in [-0.25, -0.2) is 13.8 Å². The van der Waals surface area contributed by atoms with Crippen LogP contribution < -0.4 is 15.9 Å². The minimum absolute atomic E-state index is 0.0551. The Balaban J connectivity index is 2.01. The molecule has 39 heavy (non-hydrogen) atoms. The number of carbonyl (C=O) groups is 1. The van der Waals surface area contributed by atoms with Crippen molar-refractivity contribution in [2.75, 3.05) is 12.3 Å². The summed E-state index contributed by atoms with van der Waals surface area (Å²) < 4.78 is 48.9. The molecule has 0 bridgehead atoms. The molecular formula is C24H34FN4O9P. The van der Waals surface area contributed by atoms with Gasteiger partial charge >= 0.3 is 19.4 Å². The monoisotopic (exact) mass is 572 g/mol. The zero-order chi connectivity index (χ0) is 29.2. The Kier molecular flexibility index (Phi) is 9.20. The van der Waals surface area contributed by atoms with E-state index in [9.17, 15) is 29.5 Å².